The zero-order valence-corrected chi connectivity index (χ0v) is 7.94. The Morgan fingerprint density at radius 3 is 2.69 bits per heavy atom. The Balaban J connectivity index is 0.00000144. The third kappa shape index (κ3) is 3.18. The summed E-state index contributed by atoms with van der Waals surface area (Å²) in [5.74, 6) is 4.98. The second-order valence-electron chi connectivity index (χ2n) is 2.27. The summed E-state index contributed by atoms with van der Waals surface area (Å²) in [5, 5.41) is 0. The zero-order valence-electron chi connectivity index (χ0n) is 7.12. The molecule has 0 aliphatic rings. The molecule has 74 valence electrons. The average Bonchev–Trinajstić information content (AvgIpc) is 2.08. The number of rotatable bonds is 3. The maximum atomic E-state index is 12.6. The summed E-state index contributed by atoms with van der Waals surface area (Å²) in [6.07, 6.45) is 0. The van der Waals surface area contributed by atoms with Gasteiger partial charge in [-0.3, -0.25) is 4.84 Å². The molecule has 0 saturated heterocycles. The molecule has 1 aromatic carbocycles. The van der Waals surface area contributed by atoms with Gasteiger partial charge >= 0.3 is 0 Å². The lowest BCUT2D eigenvalue weighted by atomic mass is 10.2. The van der Waals surface area contributed by atoms with Crippen molar-refractivity contribution in [2.24, 2.45) is 5.90 Å². The molecule has 3 nitrogen and oxygen atoms in total. The van der Waals surface area contributed by atoms with Crippen LogP contribution in [0, 0.1) is 5.82 Å². The largest absolute Gasteiger partial charge is 0.496 e. The minimum Gasteiger partial charge on any atom is -0.496 e. The number of halogens is 2. The van der Waals surface area contributed by atoms with E-state index in [0.717, 1.165) is 5.56 Å². The summed E-state index contributed by atoms with van der Waals surface area (Å²) in [6.45, 7) is 0.212. The average molecular weight is 208 g/mol. The van der Waals surface area contributed by atoms with Crippen molar-refractivity contribution in [2.45, 2.75) is 6.61 Å². The summed E-state index contributed by atoms with van der Waals surface area (Å²) in [4.78, 5) is 4.41. The van der Waals surface area contributed by atoms with Gasteiger partial charge in [0, 0.05) is 11.6 Å². The highest BCUT2D eigenvalue weighted by atomic mass is 35.5. The Hall–Kier alpha value is -0.840. The molecule has 2 N–H and O–H groups in total. The van der Waals surface area contributed by atoms with E-state index in [9.17, 15) is 4.39 Å². The van der Waals surface area contributed by atoms with E-state index in [1.54, 1.807) is 6.07 Å². The van der Waals surface area contributed by atoms with Crippen LogP contribution in [0.1, 0.15) is 5.56 Å². The van der Waals surface area contributed by atoms with E-state index in [1.807, 2.05) is 0 Å². The van der Waals surface area contributed by atoms with Crippen molar-refractivity contribution in [3.8, 4) is 5.75 Å². The molecule has 0 aliphatic heterocycles. The first-order valence-electron chi connectivity index (χ1n) is 3.42. The molecular formula is C8H11ClFNO2. The predicted octanol–water partition coefficient (Wildman–Crippen LogP) is 1.65. The van der Waals surface area contributed by atoms with Crippen LogP contribution in [0.4, 0.5) is 4.39 Å². The van der Waals surface area contributed by atoms with Crippen LogP contribution in [0.25, 0.3) is 0 Å². The maximum absolute atomic E-state index is 12.6. The molecular weight excluding hydrogens is 197 g/mol. The molecule has 0 aromatic heterocycles. The van der Waals surface area contributed by atoms with Crippen molar-refractivity contribution >= 4 is 12.4 Å². The minimum atomic E-state index is -0.340. The standard InChI is InChI=1S/C8H10FNO2.ClH/c1-11-8-4-7(9)3-2-6(8)5-12-10;/h2-4H,5,10H2,1H3;1H. The summed E-state index contributed by atoms with van der Waals surface area (Å²) in [5.41, 5.74) is 0.724. The van der Waals surface area contributed by atoms with Gasteiger partial charge in [0.05, 0.1) is 13.7 Å². The smallest absolute Gasteiger partial charge is 0.127 e. The van der Waals surface area contributed by atoms with Crippen LogP contribution >= 0.6 is 12.4 Å². The second kappa shape index (κ2) is 5.75. The summed E-state index contributed by atoms with van der Waals surface area (Å²) < 4.78 is 17.5. The van der Waals surface area contributed by atoms with Crippen LogP contribution in [0.3, 0.4) is 0 Å². The minimum absolute atomic E-state index is 0. The maximum Gasteiger partial charge on any atom is 0.127 e. The van der Waals surface area contributed by atoms with Gasteiger partial charge in [0.2, 0.25) is 0 Å². The Labute approximate surface area is 82.0 Å². The summed E-state index contributed by atoms with van der Waals surface area (Å²) >= 11 is 0. The van der Waals surface area contributed by atoms with Crippen molar-refractivity contribution in [2.75, 3.05) is 7.11 Å². The summed E-state index contributed by atoms with van der Waals surface area (Å²) in [6, 6.07) is 4.19. The number of nitrogens with two attached hydrogens (primary N) is 1. The Kier molecular flexibility index (Phi) is 5.37. The van der Waals surface area contributed by atoms with E-state index in [-0.39, 0.29) is 24.8 Å². The molecule has 0 bridgehead atoms. The Morgan fingerprint density at radius 2 is 2.15 bits per heavy atom. The van der Waals surface area contributed by atoms with Crippen molar-refractivity contribution in [1.29, 1.82) is 0 Å². The van der Waals surface area contributed by atoms with Crippen LogP contribution in [0.2, 0.25) is 0 Å². The van der Waals surface area contributed by atoms with Gasteiger partial charge in [0.25, 0.3) is 0 Å². The molecule has 0 fully saturated rings. The van der Waals surface area contributed by atoms with Crippen molar-refractivity contribution in [1.82, 2.24) is 0 Å². The molecule has 5 heteroatoms. The third-order valence-electron chi connectivity index (χ3n) is 1.49. The lowest BCUT2D eigenvalue weighted by molar-refractivity contribution is 0.122. The van der Waals surface area contributed by atoms with Crippen LogP contribution in [-0.2, 0) is 11.4 Å². The molecule has 1 rings (SSSR count). The lowest BCUT2D eigenvalue weighted by Gasteiger charge is -2.06. The molecule has 0 unspecified atom stereocenters. The number of hydrogen-bond donors (Lipinski definition) is 1. The van der Waals surface area contributed by atoms with E-state index >= 15 is 0 Å². The zero-order chi connectivity index (χ0) is 8.97. The first kappa shape index (κ1) is 12.2. The molecule has 0 aliphatic carbocycles. The fourth-order valence-corrected chi connectivity index (χ4v) is 0.927. The molecule has 0 amide bonds. The van der Waals surface area contributed by atoms with Crippen molar-refractivity contribution in [3.63, 3.8) is 0 Å². The molecule has 1 aromatic rings. The van der Waals surface area contributed by atoms with Gasteiger partial charge in [0.15, 0.2) is 0 Å². The van der Waals surface area contributed by atoms with E-state index in [0.29, 0.717) is 5.75 Å². The molecule has 13 heavy (non-hydrogen) atoms. The predicted molar refractivity (Wildman–Crippen MR) is 49.2 cm³/mol. The SMILES string of the molecule is COc1cc(F)ccc1CON.Cl. The summed E-state index contributed by atoms with van der Waals surface area (Å²) in [7, 11) is 1.47. The fraction of sp³-hybridized carbons (Fsp3) is 0.250. The molecule has 0 radical (unpaired) electrons. The van der Waals surface area contributed by atoms with Crippen molar-refractivity contribution in [3.05, 3.63) is 29.6 Å². The van der Waals surface area contributed by atoms with Gasteiger partial charge in [-0.15, -0.1) is 12.4 Å². The van der Waals surface area contributed by atoms with E-state index in [2.05, 4.69) is 4.84 Å². The van der Waals surface area contributed by atoms with Gasteiger partial charge in [-0.25, -0.2) is 10.3 Å². The van der Waals surface area contributed by atoms with Gasteiger partial charge in [-0.1, -0.05) is 6.07 Å². The van der Waals surface area contributed by atoms with Gasteiger partial charge in [-0.2, -0.15) is 0 Å². The lowest BCUT2D eigenvalue weighted by Crippen LogP contribution is -2.01. The van der Waals surface area contributed by atoms with Crippen LogP contribution in [0.15, 0.2) is 18.2 Å². The quantitative estimate of drug-likeness (QED) is 0.767. The van der Waals surface area contributed by atoms with Crippen LogP contribution in [0.5, 0.6) is 5.75 Å². The first-order valence-corrected chi connectivity index (χ1v) is 3.42. The highest BCUT2D eigenvalue weighted by Gasteiger charge is 2.03. The highest BCUT2D eigenvalue weighted by molar-refractivity contribution is 5.85. The second-order valence-corrected chi connectivity index (χ2v) is 2.27. The number of methoxy groups -OCH3 is 1. The van der Waals surface area contributed by atoms with Gasteiger partial charge in [-0.05, 0) is 6.07 Å². The van der Waals surface area contributed by atoms with E-state index < -0.39 is 0 Å². The van der Waals surface area contributed by atoms with Gasteiger partial charge < -0.3 is 4.74 Å². The topological polar surface area (TPSA) is 44.5 Å². The number of ether oxygens (including phenoxy) is 1. The third-order valence-corrected chi connectivity index (χ3v) is 1.49. The number of hydrogen-bond acceptors (Lipinski definition) is 3. The molecule has 0 heterocycles. The highest BCUT2D eigenvalue weighted by Crippen LogP contribution is 2.19. The normalized spacial score (nSPS) is 9.15. The Bertz CT molecular complexity index is 270. The van der Waals surface area contributed by atoms with Crippen LogP contribution in [-0.4, -0.2) is 7.11 Å². The van der Waals surface area contributed by atoms with Gasteiger partial charge in [0.1, 0.15) is 11.6 Å². The van der Waals surface area contributed by atoms with Crippen LogP contribution < -0.4 is 10.6 Å². The number of benzene rings is 1. The fourth-order valence-electron chi connectivity index (χ4n) is 0.927. The molecule has 0 saturated carbocycles. The molecule has 0 spiro atoms. The van der Waals surface area contributed by atoms with E-state index in [1.165, 1.54) is 19.2 Å². The monoisotopic (exact) mass is 207 g/mol. The van der Waals surface area contributed by atoms with E-state index in [4.69, 9.17) is 10.6 Å². The first-order chi connectivity index (χ1) is 5.77. The van der Waals surface area contributed by atoms with Crippen molar-refractivity contribution < 1.29 is 14.0 Å². The molecule has 0 atom stereocenters. The Morgan fingerprint density at radius 1 is 1.46 bits per heavy atom.